The lowest BCUT2D eigenvalue weighted by molar-refractivity contribution is -0.117. The molecule has 0 aliphatic rings. The van der Waals surface area contributed by atoms with E-state index in [9.17, 15) is 10.1 Å². The lowest BCUT2D eigenvalue weighted by Crippen LogP contribution is -2.24. The van der Waals surface area contributed by atoms with Crippen LogP contribution in [0.15, 0.2) is 35.9 Å². The number of aryl methyl sites for hydroxylation is 1. The molecule has 1 heterocycles. The van der Waals surface area contributed by atoms with Crippen LogP contribution in [0.2, 0.25) is 0 Å². The average molecular weight is 409 g/mol. The minimum atomic E-state index is -0.371. The van der Waals surface area contributed by atoms with E-state index in [4.69, 9.17) is 4.74 Å². The quantitative estimate of drug-likeness (QED) is 0.508. The monoisotopic (exact) mass is 408 g/mol. The zero-order valence-electron chi connectivity index (χ0n) is 18.8. The van der Waals surface area contributed by atoms with E-state index in [1.807, 2.05) is 52.2 Å². The van der Waals surface area contributed by atoms with Crippen LogP contribution in [-0.2, 0) is 22.6 Å². The molecule has 0 aliphatic carbocycles. The summed E-state index contributed by atoms with van der Waals surface area (Å²) in [6.07, 6.45) is 1.66. The maximum absolute atomic E-state index is 12.6. The third-order valence-electron chi connectivity index (χ3n) is 5.01. The van der Waals surface area contributed by atoms with Gasteiger partial charge < -0.3 is 19.5 Å². The van der Waals surface area contributed by atoms with Crippen LogP contribution in [-0.4, -0.2) is 43.2 Å². The summed E-state index contributed by atoms with van der Waals surface area (Å²) in [6.45, 7) is 7.94. The van der Waals surface area contributed by atoms with Gasteiger partial charge in [-0.15, -0.1) is 0 Å². The summed E-state index contributed by atoms with van der Waals surface area (Å²) < 4.78 is 7.43. The van der Waals surface area contributed by atoms with Crippen LogP contribution in [0.25, 0.3) is 6.08 Å². The summed E-state index contributed by atoms with van der Waals surface area (Å²) in [4.78, 5) is 14.7. The van der Waals surface area contributed by atoms with Gasteiger partial charge in [-0.25, -0.2) is 0 Å². The number of aromatic nitrogens is 1. The minimum absolute atomic E-state index is 0.0962. The van der Waals surface area contributed by atoms with Crippen LogP contribution >= 0.6 is 0 Å². The topological polar surface area (TPSA) is 70.3 Å². The number of nitrogens with zero attached hydrogens (tertiary/aromatic N) is 3. The Hall–Kier alpha value is -2.88. The SMILES string of the molecule is COCC(C)n1c(C)cc(/C=C(\C#N)C(=O)NCc2ccc(CN(C)C)cc2)c1C. The van der Waals surface area contributed by atoms with E-state index in [0.717, 1.165) is 29.1 Å². The number of hydrogen-bond donors (Lipinski definition) is 1. The molecule has 1 unspecified atom stereocenters. The van der Waals surface area contributed by atoms with E-state index in [0.29, 0.717) is 13.2 Å². The van der Waals surface area contributed by atoms with Gasteiger partial charge in [0.1, 0.15) is 11.6 Å². The Balaban J connectivity index is 2.10. The number of rotatable bonds is 9. The van der Waals surface area contributed by atoms with Gasteiger partial charge in [0.2, 0.25) is 0 Å². The molecule has 0 saturated heterocycles. The van der Waals surface area contributed by atoms with Crippen LogP contribution in [0.5, 0.6) is 0 Å². The molecule has 30 heavy (non-hydrogen) atoms. The molecule has 1 aromatic heterocycles. The standard InChI is InChI=1S/C24H32N4O2/c1-17-11-22(19(3)28(17)18(2)16-30-6)12-23(13-25)24(29)26-14-20-7-9-21(10-8-20)15-27(4)5/h7-12,18H,14-16H2,1-6H3,(H,26,29)/b23-12+. The van der Waals surface area contributed by atoms with Crippen molar-refractivity contribution in [2.45, 2.75) is 39.9 Å². The molecule has 1 aromatic carbocycles. The number of nitriles is 1. The number of nitrogens with one attached hydrogen (secondary N) is 1. The van der Waals surface area contributed by atoms with E-state index in [2.05, 4.69) is 33.8 Å². The molecular formula is C24H32N4O2. The van der Waals surface area contributed by atoms with E-state index in [1.165, 1.54) is 5.56 Å². The van der Waals surface area contributed by atoms with Crippen LogP contribution < -0.4 is 5.32 Å². The van der Waals surface area contributed by atoms with Crippen LogP contribution in [0, 0.1) is 25.2 Å². The maximum Gasteiger partial charge on any atom is 0.262 e. The molecule has 160 valence electrons. The highest BCUT2D eigenvalue weighted by Gasteiger charge is 2.15. The Morgan fingerprint density at radius 3 is 2.47 bits per heavy atom. The molecule has 0 fully saturated rings. The van der Waals surface area contributed by atoms with Crippen molar-refractivity contribution in [2.24, 2.45) is 0 Å². The number of methoxy groups -OCH3 is 1. The normalized spacial score (nSPS) is 12.7. The fraction of sp³-hybridized carbons (Fsp3) is 0.417. The number of amides is 1. The zero-order chi connectivity index (χ0) is 22.3. The van der Waals surface area contributed by atoms with E-state index in [-0.39, 0.29) is 17.5 Å². The number of hydrogen-bond acceptors (Lipinski definition) is 4. The van der Waals surface area contributed by atoms with Gasteiger partial charge in [-0.1, -0.05) is 24.3 Å². The lowest BCUT2D eigenvalue weighted by atomic mass is 10.1. The first-order valence-corrected chi connectivity index (χ1v) is 10.1. The second-order valence-electron chi connectivity index (χ2n) is 7.91. The average Bonchev–Trinajstić information content (AvgIpc) is 2.98. The molecule has 1 atom stereocenters. The van der Waals surface area contributed by atoms with Crippen molar-refractivity contribution >= 4 is 12.0 Å². The highest BCUT2D eigenvalue weighted by molar-refractivity contribution is 6.01. The summed E-state index contributed by atoms with van der Waals surface area (Å²) in [5.74, 6) is -0.371. The molecule has 1 amide bonds. The first-order chi connectivity index (χ1) is 14.3. The third kappa shape index (κ3) is 6.06. The highest BCUT2D eigenvalue weighted by atomic mass is 16.5. The van der Waals surface area contributed by atoms with Crippen molar-refractivity contribution in [1.82, 2.24) is 14.8 Å². The van der Waals surface area contributed by atoms with E-state index < -0.39 is 0 Å². The Morgan fingerprint density at radius 1 is 1.27 bits per heavy atom. The van der Waals surface area contributed by atoms with Crippen molar-refractivity contribution in [3.05, 3.63) is 64.0 Å². The molecule has 2 rings (SSSR count). The largest absolute Gasteiger partial charge is 0.383 e. The van der Waals surface area contributed by atoms with Crippen molar-refractivity contribution in [2.75, 3.05) is 27.8 Å². The first kappa shape index (κ1) is 23.4. The maximum atomic E-state index is 12.6. The van der Waals surface area contributed by atoms with Gasteiger partial charge in [-0.2, -0.15) is 5.26 Å². The highest BCUT2D eigenvalue weighted by Crippen LogP contribution is 2.22. The molecular weight excluding hydrogens is 376 g/mol. The predicted octanol–water partition coefficient (Wildman–Crippen LogP) is 3.60. The van der Waals surface area contributed by atoms with E-state index >= 15 is 0 Å². The molecule has 1 N–H and O–H groups in total. The first-order valence-electron chi connectivity index (χ1n) is 10.1. The summed E-state index contributed by atoms with van der Waals surface area (Å²) in [6, 6.07) is 12.3. The summed E-state index contributed by atoms with van der Waals surface area (Å²) >= 11 is 0. The minimum Gasteiger partial charge on any atom is -0.383 e. The molecule has 0 saturated carbocycles. The molecule has 0 radical (unpaired) electrons. The van der Waals surface area contributed by atoms with Crippen LogP contribution in [0.3, 0.4) is 0 Å². The van der Waals surface area contributed by atoms with Gasteiger partial charge in [0, 0.05) is 31.6 Å². The fourth-order valence-corrected chi connectivity index (χ4v) is 3.65. The predicted molar refractivity (Wildman–Crippen MR) is 120 cm³/mol. The third-order valence-corrected chi connectivity index (χ3v) is 5.01. The molecule has 6 heteroatoms. The molecule has 0 aliphatic heterocycles. The number of carbonyl (C=O) groups is 1. The van der Waals surface area contributed by atoms with E-state index in [1.54, 1.807) is 13.2 Å². The summed E-state index contributed by atoms with van der Waals surface area (Å²) in [7, 11) is 5.73. The number of benzene rings is 1. The Labute approximate surface area is 179 Å². The van der Waals surface area contributed by atoms with Crippen molar-refractivity contribution in [3.8, 4) is 6.07 Å². The van der Waals surface area contributed by atoms with Gasteiger partial charge in [0.25, 0.3) is 5.91 Å². The van der Waals surface area contributed by atoms with Crippen LogP contribution in [0.4, 0.5) is 0 Å². The lowest BCUT2D eigenvalue weighted by Gasteiger charge is -2.17. The van der Waals surface area contributed by atoms with Crippen molar-refractivity contribution in [1.29, 1.82) is 5.26 Å². The van der Waals surface area contributed by atoms with Crippen LogP contribution in [0.1, 0.15) is 41.0 Å². The second kappa shape index (κ2) is 10.8. The van der Waals surface area contributed by atoms with Crippen molar-refractivity contribution < 1.29 is 9.53 Å². The fourth-order valence-electron chi connectivity index (χ4n) is 3.65. The smallest absolute Gasteiger partial charge is 0.262 e. The van der Waals surface area contributed by atoms with Gasteiger partial charge in [0.05, 0.1) is 12.6 Å². The Kier molecular flexibility index (Phi) is 8.40. The van der Waals surface area contributed by atoms with Gasteiger partial charge in [0.15, 0.2) is 0 Å². The molecule has 2 aromatic rings. The number of carbonyl (C=O) groups excluding carboxylic acids is 1. The van der Waals surface area contributed by atoms with Crippen molar-refractivity contribution in [3.63, 3.8) is 0 Å². The summed E-state index contributed by atoms with van der Waals surface area (Å²) in [5.41, 5.74) is 5.25. The van der Waals surface area contributed by atoms with Gasteiger partial charge in [-0.05, 0) is 63.7 Å². The van der Waals surface area contributed by atoms with Gasteiger partial charge >= 0.3 is 0 Å². The molecule has 6 nitrogen and oxygen atoms in total. The Bertz CT molecular complexity index is 933. The summed E-state index contributed by atoms with van der Waals surface area (Å²) in [5, 5.41) is 12.4. The molecule has 0 spiro atoms. The second-order valence-corrected chi connectivity index (χ2v) is 7.91. The zero-order valence-corrected chi connectivity index (χ0v) is 18.8. The number of ether oxygens (including phenoxy) is 1. The van der Waals surface area contributed by atoms with Gasteiger partial charge in [-0.3, -0.25) is 4.79 Å². The Morgan fingerprint density at radius 2 is 1.90 bits per heavy atom. The molecule has 0 bridgehead atoms.